The third-order valence-electron chi connectivity index (χ3n) is 5.61. The van der Waals surface area contributed by atoms with Crippen molar-refractivity contribution in [1.82, 2.24) is 10.0 Å². The molecule has 2 aromatic carbocycles. The van der Waals surface area contributed by atoms with Crippen LogP contribution >= 0.6 is 0 Å². The minimum absolute atomic E-state index is 0.0612. The smallest absolute Gasteiger partial charge is 0.251 e. The number of fused-ring (bicyclic) bond motifs is 1. The Bertz CT molecular complexity index is 1090. The van der Waals surface area contributed by atoms with Gasteiger partial charge in [0.05, 0.1) is 29.8 Å². The maximum absolute atomic E-state index is 13.1. The molecule has 2 aliphatic rings. The summed E-state index contributed by atoms with van der Waals surface area (Å²) in [6.45, 7) is 0.116. The molecule has 4 rings (SSSR count). The second-order valence-electron chi connectivity index (χ2n) is 7.85. The van der Waals surface area contributed by atoms with Crippen LogP contribution in [0.4, 0.5) is 4.39 Å². The number of carbonyl (C=O) groups is 1. The van der Waals surface area contributed by atoms with E-state index >= 15 is 0 Å². The molecule has 0 aliphatic carbocycles. The number of sulfonamides is 1. The number of carbonyl (C=O) groups excluding carboxylic acids is 1. The zero-order chi connectivity index (χ0) is 23.4. The standard InChI is InChI=1S/C22H25FN2O7S/c23-15-2-5-17(6-3-15)33(28,29)25-18-7-4-16(32-21(18)12-26)9-10-24-22(27)14-1-8-19-20(11-14)31-13-30-19/h1-3,5-6,8,11,16,18,21,25-26H,4,7,9-10,12-13H2,(H,24,27)/t16-,18+,21+/m0/s1. The van der Waals surface area contributed by atoms with E-state index in [1.807, 2.05) is 0 Å². The molecule has 2 heterocycles. The highest BCUT2D eigenvalue weighted by atomic mass is 32.2. The number of aliphatic hydroxyl groups is 1. The Labute approximate surface area is 190 Å². The fourth-order valence-electron chi connectivity index (χ4n) is 3.85. The van der Waals surface area contributed by atoms with Crippen molar-refractivity contribution >= 4 is 15.9 Å². The van der Waals surface area contributed by atoms with E-state index in [4.69, 9.17) is 14.2 Å². The molecule has 0 saturated carbocycles. The van der Waals surface area contributed by atoms with E-state index in [-0.39, 0.29) is 30.3 Å². The molecule has 0 radical (unpaired) electrons. The first-order valence-electron chi connectivity index (χ1n) is 10.6. The number of hydrogen-bond donors (Lipinski definition) is 3. The van der Waals surface area contributed by atoms with Gasteiger partial charge in [0, 0.05) is 12.1 Å². The van der Waals surface area contributed by atoms with E-state index in [0.29, 0.717) is 42.9 Å². The van der Waals surface area contributed by atoms with Gasteiger partial charge >= 0.3 is 0 Å². The van der Waals surface area contributed by atoms with Gasteiger partial charge in [0.1, 0.15) is 5.82 Å². The van der Waals surface area contributed by atoms with E-state index in [9.17, 15) is 22.7 Å². The summed E-state index contributed by atoms with van der Waals surface area (Å²) in [5, 5.41) is 12.5. The summed E-state index contributed by atoms with van der Waals surface area (Å²) < 4.78 is 57.2. The molecule has 1 saturated heterocycles. The Balaban J connectivity index is 1.27. The molecule has 11 heteroatoms. The highest BCUT2D eigenvalue weighted by molar-refractivity contribution is 7.89. The summed E-state index contributed by atoms with van der Waals surface area (Å²) in [7, 11) is -3.88. The maximum atomic E-state index is 13.1. The molecule has 0 unspecified atom stereocenters. The number of aliphatic hydroxyl groups excluding tert-OH is 1. The monoisotopic (exact) mass is 480 g/mol. The van der Waals surface area contributed by atoms with Gasteiger partial charge in [-0.2, -0.15) is 0 Å². The first kappa shape index (κ1) is 23.4. The highest BCUT2D eigenvalue weighted by Crippen LogP contribution is 2.32. The lowest BCUT2D eigenvalue weighted by molar-refractivity contribution is -0.0871. The largest absolute Gasteiger partial charge is 0.454 e. The molecule has 3 atom stereocenters. The molecule has 0 aromatic heterocycles. The minimum atomic E-state index is -3.88. The lowest BCUT2D eigenvalue weighted by Crippen LogP contribution is -2.51. The molecule has 178 valence electrons. The predicted octanol–water partition coefficient (Wildman–Crippen LogP) is 1.56. The Morgan fingerprint density at radius 1 is 1.09 bits per heavy atom. The first-order valence-corrected chi connectivity index (χ1v) is 12.1. The normalized spacial score (nSPS) is 22.2. The van der Waals surface area contributed by atoms with Crippen LogP contribution in [-0.4, -0.2) is 57.6 Å². The average molecular weight is 481 g/mol. The van der Waals surface area contributed by atoms with Crippen LogP contribution in [0.3, 0.4) is 0 Å². The number of rotatable bonds is 8. The number of benzene rings is 2. The van der Waals surface area contributed by atoms with Crippen LogP contribution < -0.4 is 19.5 Å². The molecule has 9 nitrogen and oxygen atoms in total. The van der Waals surface area contributed by atoms with Gasteiger partial charge in [-0.15, -0.1) is 0 Å². The van der Waals surface area contributed by atoms with Crippen molar-refractivity contribution in [1.29, 1.82) is 0 Å². The number of amides is 1. The van der Waals surface area contributed by atoms with Crippen molar-refractivity contribution in [2.75, 3.05) is 19.9 Å². The fraction of sp³-hybridized carbons (Fsp3) is 0.409. The van der Waals surface area contributed by atoms with Gasteiger partial charge < -0.3 is 24.6 Å². The predicted molar refractivity (Wildman–Crippen MR) is 115 cm³/mol. The van der Waals surface area contributed by atoms with Gasteiger partial charge in [0.15, 0.2) is 11.5 Å². The van der Waals surface area contributed by atoms with Crippen LogP contribution in [0.1, 0.15) is 29.6 Å². The lowest BCUT2D eigenvalue weighted by atomic mass is 9.98. The van der Waals surface area contributed by atoms with E-state index < -0.39 is 28.0 Å². The highest BCUT2D eigenvalue weighted by Gasteiger charge is 2.34. The van der Waals surface area contributed by atoms with Crippen molar-refractivity contribution in [3.05, 3.63) is 53.8 Å². The van der Waals surface area contributed by atoms with Crippen molar-refractivity contribution < 1.29 is 36.9 Å². The van der Waals surface area contributed by atoms with E-state index in [1.165, 1.54) is 12.1 Å². The summed E-state index contributed by atoms with van der Waals surface area (Å²) in [5.41, 5.74) is 0.451. The van der Waals surface area contributed by atoms with E-state index in [2.05, 4.69) is 10.0 Å². The topological polar surface area (TPSA) is 123 Å². The van der Waals surface area contributed by atoms with Crippen LogP contribution in [0, 0.1) is 5.82 Å². The molecule has 2 aromatic rings. The first-order chi connectivity index (χ1) is 15.9. The Morgan fingerprint density at radius 2 is 1.85 bits per heavy atom. The second-order valence-corrected chi connectivity index (χ2v) is 9.56. The van der Waals surface area contributed by atoms with Gasteiger partial charge in [-0.3, -0.25) is 4.79 Å². The number of halogens is 1. The van der Waals surface area contributed by atoms with Crippen LogP contribution in [0.25, 0.3) is 0 Å². The number of nitrogens with one attached hydrogen (secondary N) is 2. The molecule has 0 spiro atoms. The summed E-state index contributed by atoms with van der Waals surface area (Å²) >= 11 is 0. The molecule has 3 N–H and O–H groups in total. The second kappa shape index (κ2) is 10.0. The van der Waals surface area contributed by atoms with Crippen LogP contribution in [0.5, 0.6) is 11.5 Å². The summed E-state index contributed by atoms with van der Waals surface area (Å²) in [5.74, 6) is 0.337. The average Bonchev–Trinajstić information content (AvgIpc) is 3.28. The summed E-state index contributed by atoms with van der Waals surface area (Å²) in [6.07, 6.45) is 0.526. The zero-order valence-electron chi connectivity index (χ0n) is 17.7. The zero-order valence-corrected chi connectivity index (χ0v) is 18.5. The number of hydrogen-bond acceptors (Lipinski definition) is 7. The quantitative estimate of drug-likeness (QED) is 0.524. The van der Waals surface area contributed by atoms with Crippen molar-refractivity contribution in [2.45, 2.75) is 42.4 Å². The van der Waals surface area contributed by atoms with Crippen molar-refractivity contribution in [3.63, 3.8) is 0 Å². The maximum Gasteiger partial charge on any atom is 0.251 e. The Hall–Kier alpha value is -2.73. The molecule has 1 fully saturated rings. The Morgan fingerprint density at radius 3 is 2.61 bits per heavy atom. The lowest BCUT2D eigenvalue weighted by Gasteiger charge is -2.36. The van der Waals surface area contributed by atoms with Gasteiger partial charge in [-0.1, -0.05) is 0 Å². The molecule has 33 heavy (non-hydrogen) atoms. The summed E-state index contributed by atoms with van der Waals surface area (Å²) in [4.78, 5) is 12.3. The SMILES string of the molecule is O=C(NCC[C@@H]1CC[C@@H](NS(=O)(=O)c2ccc(F)cc2)[C@@H](CO)O1)c1ccc2c(c1)OCO2. The van der Waals surface area contributed by atoms with Gasteiger partial charge in [0.2, 0.25) is 16.8 Å². The van der Waals surface area contributed by atoms with Crippen LogP contribution in [0.2, 0.25) is 0 Å². The fourth-order valence-corrected chi connectivity index (χ4v) is 5.15. The van der Waals surface area contributed by atoms with Gasteiger partial charge in [-0.25, -0.2) is 17.5 Å². The van der Waals surface area contributed by atoms with E-state index in [1.54, 1.807) is 18.2 Å². The van der Waals surface area contributed by atoms with Crippen LogP contribution in [0.15, 0.2) is 47.4 Å². The molecule has 1 amide bonds. The summed E-state index contributed by atoms with van der Waals surface area (Å²) in [6, 6.07) is 8.84. The minimum Gasteiger partial charge on any atom is -0.454 e. The molecular weight excluding hydrogens is 455 g/mol. The number of ether oxygens (including phenoxy) is 3. The van der Waals surface area contributed by atoms with Crippen LogP contribution in [-0.2, 0) is 14.8 Å². The molecular formula is C22H25FN2O7S. The van der Waals surface area contributed by atoms with E-state index in [0.717, 1.165) is 12.1 Å². The Kier molecular flexibility index (Phi) is 7.13. The third kappa shape index (κ3) is 5.61. The van der Waals surface area contributed by atoms with Crippen molar-refractivity contribution in [2.24, 2.45) is 0 Å². The third-order valence-corrected chi connectivity index (χ3v) is 7.12. The molecule has 2 aliphatic heterocycles. The van der Waals surface area contributed by atoms with Gasteiger partial charge in [0.25, 0.3) is 5.91 Å². The molecule has 0 bridgehead atoms. The van der Waals surface area contributed by atoms with Gasteiger partial charge in [-0.05, 0) is 61.7 Å². The van der Waals surface area contributed by atoms with Crippen molar-refractivity contribution in [3.8, 4) is 11.5 Å².